The molecule has 1 atom stereocenters. The highest BCUT2D eigenvalue weighted by atomic mass is 35.5. The molecule has 0 radical (unpaired) electrons. The van der Waals surface area contributed by atoms with Gasteiger partial charge < -0.3 is 25.6 Å². The van der Waals surface area contributed by atoms with Gasteiger partial charge in [0.25, 0.3) is 5.91 Å². The zero-order valence-electron chi connectivity index (χ0n) is 19.6. The Labute approximate surface area is 203 Å². The molecule has 0 spiro atoms. The number of ketones is 1. The first-order valence-corrected chi connectivity index (χ1v) is 11.4. The van der Waals surface area contributed by atoms with Gasteiger partial charge in [-0.1, -0.05) is 0 Å². The third-order valence-electron chi connectivity index (χ3n) is 5.53. The number of aromatic nitrogens is 2. The fourth-order valence-corrected chi connectivity index (χ4v) is 3.54. The molecule has 182 valence electrons. The number of halogens is 1. The predicted molar refractivity (Wildman–Crippen MR) is 130 cm³/mol. The number of carbonyl (C=O) groups is 3. The van der Waals surface area contributed by atoms with Crippen LogP contribution < -0.4 is 20.7 Å². The van der Waals surface area contributed by atoms with Gasteiger partial charge in [0.1, 0.15) is 16.9 Å². The van der Waals surface area contributed by atoms with Crippen LogP contribution >= 0.6 is 11.6 Å². The third-order valence-corrected chi connectivity index (χ3v) is 5.73. The van der Waals surface area contributed by atoms with Crippen molar-refractivity contribution in [2.45, 2.75) is 38.1 Å². The van der Waals surface area contributed by atoms with Crippen LogP contribution in [0.3, 0.4) is 0 Å². The molecule has 2 heterocycles. The SMILES string of the molecule is COc1cc(C(=O)NC2CCN(C)CC2)ccc1Nc1ncc(C(C)=O)c(NC(=O)C(C)Cl)n1. The van der Waals surface area contributed by atoms with E-state index in [1.54, 1.807) is 18.2 Å². The van der Waals surface area contributed by atoms with Crippen LogP contribution in [0.25, 0.3) is 0 Å². The molecule has 10 nitrogen and oxygen atoms in total. The zero-order chi connectivity index (χ0) is 24.8. The van der Waals surface area contributed by atoms with E-state index in [0.29, 0.717) is 17.0 Å². The number of nitrogens with one attached hydrogen (secondary N) is 3. The van der Waals surface area contributed by atoms with Crippen molar-refractivity contribution in [3.63, 3.8) is 0 Å². The summed E-state index contributed by atoms with van der Waals surface area (Å²) >= 11 is 5.82. The van der Waals surface area contributed by atoms with E-state index in [4.69, 9.17) is 16.3 Å². The minimum atomic E-state index is -0.806. The van der Waals surface area contributed by atoms with Crippen molar-refractivity contribution in [1.82, 2.24) is 20.2 Å². The van der Waals surface area contributed by atoms with Gasteiger partial charge in [0.15, 0.2) is 5.78 Å². The molecule has 2 aromatic rings. The summed E-state index contributed by atoms with van der Waals surface area (Å²) in [5.41, 5.74) is 1.14. The molecular weight excluding hydrogens is 460 g/mol. The second-order valence-corrected chi connectivity index (χ2v) is 8.86. The molecule has 0 saturated carbocycles. The molecular formula is C23H29ClN6O4. The maximum atomic E-state index is 12.7. The smallest absolute Gasteiger partial charge is 0.251 e. The van der Waals surface area contributed by atoms with Crippen molar-refractivity contribution in [3.8, 4) is 5.75 Å². The fraction of sp³-hybridized carbons (Fsp3) is 0.435. The molecule has 1 unspecified atom stereocenters. The Balaban J connectivity index is 1.78. The maximum absolute atomic E-state index is 12.7. The van der Waals surface area contributed by atoms with E-state index in [-0.39, 0.29) is 35.1 Å². The molecule has 34 heavy (non-hydrogen) atoms. The highest BCUT2D eigenvalue weighted by molar-refractivity contribution is 6.32. The number of carbonyl (C=O) groups excluding carboxylic acids is 3. The van der Waals surface area contributed by atoms with Crippen molar-refractivity contribution in [2.75, 3.05) is 37.9 Å². The number of amides is 2. The van der Waals surface area contributed by atoms with Crippen LogP contribution in [0.4, 0.5) is 17.5 Å². The monoisotopic (exact) mass is 488 g/mol. The Kier molecular flexibility index (Phi) is 8.41. The summed E-state index contributed by atoms with van der Waals surface area (Å²) in [5.74, 6) is -0.371. The summed E-state index contributed by atoms with van der Waals surface area (Å²) in [6.45, 7) is 4.77. The van der Waals surface area contributed by atoms with E-state index in [1.807, 2.05) is 0 Å². The van der Waals surface area contributed by atoms with Gasteiger partial charge in [-0.15, -0.1) is 11.6 Å². The molecule has 1 aliphatic heterocycles. The number of Topliss-reactive ketones (excluding diaryl/α,β-unsaturated/α-hetero) is 1. The summed E-state index contributed by atoms with van der Waals surface area (Å²) in [4.78, 5) is 47.3. The molecule has 0 aliphatic carbocycles. The number of nitrogens with zero attached hydrogens (tertiary/aromatic N) is 3. The summed E-state index contributed by atoms with van der Waals surface area (Å²) in [7, 11) is 3.56. The lowest BCUT2D eigenvalue weighted by molar-refractivity contribution is -0.115. The number of methoxy groups -OCH3 is 1. The molecule has 1 aliphatic rings. The van der Waals surface area contributed by atoms with Crippen LogP contribution in [0.5, 0.6) is 5.75 Å². The minimum absolute atomic E-state index is 0.0515. The molecule has 1 saturated heterocycles. The van der Waals surface area contributed by atoms with Gasteiger partial charge in [0.05, 0.1) is 18.4 Å². The number of hydrogen-bond acceptors (Lipinski definition) is 8. The van der Waals surface area contributed by atoms with Gasteiger partial charge in [-0.25, -0.2) is 4.98 Å². The molecule has 1 fully saturated rings. The highest BCUT2D eigenvalue weighted by Crippen LogP contribution is 2.28. The van der Waals surface area contributed by atoms with Crippen LogP contribution in [-0.4, -0.2) is 71.1 Å². The van der Waals surface area contributed by atoms with Gasteiger partial charge in [-0.2, -0.15) is 4.98 Å². The lowest BCUT2D eigenvalue weighted by Crippen LogP contribution is -2.43. The minimum Gasteiger partial charge on any atom is -0.495 e. The van der Waals surface area contributed by atoms with E-state index in [1.165, 1.54) is 27.2 Å². The van der Waals surface area contributed by atoms with Crippen molar-refractivity contribution in [1.29, 1.82) is 0 Å². The van der Waals surface area contributed by atoms with E-state index in [2.05, 4.69) is 37.9 Å². The average molecular weight is 489 g/mol. The Morgan fingerprint density at radius 1 is 1.24 bits per heavy atom. The van der Waals surface area contributed by atoms with Crippen LogP contribution in [0, 0.1) is 0 Å². The van der Waals surface area contributed by atoms with Gasteiger partial charge in [0.2, 0.25) is 11.9 Å². The fourth-order valence-electron chi connectivity index (χ4n) is 3.49. The first-order chi connectivity index (χ1) is 16.2. The average Bonchev–Trinajstić information content (AvgIpc) is 2.80. The zero-order valence-corrected chi connectivity index (χ0v) is 20.4. The van der Waals surface area contributed by atoms with Gasteiger partial charge >= 0.3 is 0 Å². The number of benzene rings is 1. The van der Waals surface area contributed by atoms with Crippen LogP contribution in [0.15, 0.2) is 24.4 Å². The predicted octanol–water partition coefficient (Wildman–Crippen LogP) is 2.82. The number of hydrogen-bond donors (Lipinski definition) is 3. The Morgan fingerprint density at radius 2 is 1.94 bits per heavy atom. The van der Waals surface area contributed by atoms with Crippen molar-refractivity contribution < 1.29 is 19.1 Å². The Hall–Kier alpha value is -3.24. The normalized spacial score (nSPS) is 15.3. The number of likely N-dealkylation sites (tertiary alicyclic amines) is 1. The van der Waals surface area contributed by atoms with Gasteiger partial charge in [0, 0.05) is 17.8 Å². The maximum Gasteiger partial charge on any atom is 0.251 e. The van der Waals surface area contributed by atoms with Gasteiger partial charge in [-0.05, 0) is 65.0 Å². The highest BCUT2D eigenvalue weighted by Gasteiger charge is 2.21. The van der Waals surface area contributed by atoms with Crippen LogP contribution in [0.2, 0.25) is 0 Å². The summed E-state index contributed by atoms with van der Waals surface area (Å²) < 4.78 is 5.45. The van der Waals surface area contributed by atoms with Crippen LogP contribution in [0.1, 0.15) is 47.4 Å². The molecule has 3 rings (SSSR count). The molecule has 1 aromatic carbocycles. The number of rotatable bonds is 8. The largest absolute Gasteiger partial charge is 0.495 e. The third kappa shape index (κ3) is 6.42. The van der Waals surface area contributed by atoms with E-state index in [9.17, 15) is 14.4 Å². The lowest BCUT2D eigenvalue weighted by Gasteiger charge is -2.29. The number of alkyl halides is 1. The van der Waals surface area contributed by atoms with Crippen molar-refractivity contribution in [2.24, 2.45) is 0 Å². The quantitative estimate of drug-likeness (QED) is 0.382. The standard InChI is InChI=1S/C23H29ClN6O4/c1-13(24)21(32)28-20-17(14(2)31)12-25-23(29-20)27-18-6-5-15(11-19(18)34-4)22(33)26-16-7-9-30(3)10-8-16/h5-6,11-13,16H,7-10H2,1-4H3,(H,26,33)(H2,25,27,28,29,32). The number of piperidine rings is 1. The van der Waals surface area contributed by atoms with Gasteiger partial charge in [-0.3, -0.25) is 14.4 Å². The summed E-state index contributed by atoms with van der Waals surface area (Å²) in [5, 5.41) is 7.82. The molecule has 1 aromatic heterocycles. The second kappa shape index (κ2) is 11.3. The molecule has 0 bridgehead atoms. The second-order valence-electron chi connectivity index (χ2n) is 8.21. The van der Waals surface area contributed by atoms with Crippen LogP contribution in [-0.2, 0) is 4.79 Å². The first kappa shape index (κ1) is 25.4. The summed E-state index contributed by atoms with van der Waals surface area (Å²) in [6, 6.07) is 5.14. The number of anilines is 3. The molecule has 2 amide bonds. The molecule has 3 N–H and O–H groups in total. The number of ether oxygens (including phenoxy) is 1. The lowest BCUT2D eigenvalue weighted by atomic mass is 10.0. The topological polar surface area (TPSA) is 126 Å². The van der Waals surface area contributed by atoms with Crippen molar-refractivity contribution in [3.05, 3.63) is 35.5 Å². The Bertz CT molecular complexity index is 1070. The first-order valence-electron chi connectivity index (χ1n) is 10.9. The van der Waals surface area contributed by atoms with E-state index >= 15 is 0 Å². The van der Waals surface area contributed by atoms with E-state index < -0.39 is 11.3 Å². The van der Waals surface area contributed by atoms with E-state index in [0.717, 1.165) is 25.9 Å². The molecule has 11 heteroatoms. The summed E-state index contributed by atoms with van der Waals surface area (Å²) in [6.07, 6.45) is 3.14. The van der Waals surface area contributed by atoms with Crippen molar-refractivity contribution >= 4 is 46.7 Å². The Morgan fingerprint density at radius 3 is 2.56 bits per heavy atom.